The molecule has 2 rings (SSSR count). The molecule has 4 nitrogen and oxygen atoms in total. The minimum Gasteiger partial charge on any atom is -0.397 e. The van der Waals surface area contributed by atoms with Gasteiger partial charge in [-0.1, -0.05) is 6.07 Å². The Morgan fingerprint density at radius 1 is 1.32 bits per heavy atom. The molecular formula is C13H13F2N3O. The molecule has 0 saturated carbocycles. The number of aromatic nitrogens is 1. The fourth-order valence-electron chi connectivity index (χ4n) is 1.72. The monoisotopic (exact) mass is 265 g/mol. The van der Waals surface area contributed by atoms with Gasteiger partial charge in [-0.2, -0.15) is 0 Å². The third-order valence-corrected chi connectivity index (χ3v) is 2.69. The summed E-state index contributed by atoms with van der Waals surface area (Å²) < 4.78 is 25.8. The van der Waals surface area contributed by atoms with E-state index in [9.17, 15) is 13.6 Å². The lowest BCUT2D eigenvalue weighted by atomic mass is 10.2. The lowest BCUT2D eigenvalue weighted by Gasteiger charge is -2.16. The highest BCUT2D eigenvalue weighted by Gasteiger charge is 2.14. The summed E-state index contributed by atoms with van der Waals surface area (Å²) in [5.74, 6) is -2.11. The quantitative estimate of drug-likeness (QED) is 0.893. The van der Waals surface area contributed by atoms with Crippen molar-refractivity contribution in [2.45, 2.75) is 6.54 Å². The molecule has 0 aliphatic carbocycles. The SMILES string of the molecule is CN(Cc1ccc(F)c(F)c1)C(=O)c1cc(N)c[nH]1. The van der Waals surface area contributed by atoms with Crippen molar-refractivity contribution < 1.29 is 13.6 Å². The number of amides is 1. The maximum Gasteiger partial charge on any atom is 0.270 e. The van der Waals surface area contributed by atoms with Gasteiger partial charge in [-0.15, -0.1) is 0 Å². The Bertz CT molecular complexity index is 610. The van der Waals surface area contributed by atoms with Crippen molar-refractivity contribution in [1.82, 2.24) is 9.88 Å². The highest BCUT2D eigenvalue weighted by molar-refractivity contribution is 5.93. The minimum absolute atomic E-state index is 0.176. The second-order valence-corrected chi connectivity index (χ2v) is 4.26. The van der Waals surface area contributed by atoms with Gasteiger partial charge in [-0.05, 0) is 23.8 Å². The average molecular weight is 265 g/mol. The number of H-pyrrole nitrogens is 1. The summed E-state index contributed by atoms with van der Waals surface area (Å²) in [6.07, 6.45) is 1.51. The molecule has 0 bridgehead atoms. The number of aromatic amines is 1. The predicted molar refractivity (Wildman–Crippen MR) is 67.4 cm³/mol. The van der Waals surface area contributed by atoms with E-state index in [1.807, 2.05) is 0 Å². The number of halogens is 2. The van der Waals surface area contributed by atoms with E-state index in [1.54, 1.807) is 7.05 Å². The van der Waals surface area contributed by atoms with Crippen LogP contribution in [0, 0.1) is 11.6 Å². The lowest BCUT2D eigenvalue weighted by molar-refractivity contribution is 0.0780. The molecule has 1 aromatic carbocycles. The highest BCUT2D eigenvalue weighted by Crippen LogP contribution is 2.13. The smallest absolute Gasteiger partial charge is 0.270 e. The van der Waals surface area contributed by atoms with E-state index in [0.717, 1.165) is 12.1 Å². The molecule has 100 valence electrons. The second kappa shape index (κ2) is 5.09. The molecule has 0 atom stereocenters. The van der Waals surface area contributed by atoms with Crippen LogP contribution in [0.25, 0.3) is 0 Å². The van der Waals surface area contributed by atoms with Crippen LogP contribution >= 0.6 is 0 Å². The van der Waals surface area contributed by atoms with Crippen LogP contribution in [0.2, 0.25) is 0 Å². The number of nitrogens with one attached hydrogen (secondary N) is 1. The Hall–Kier alpha value is -2.37. The molecule has 19 heavy (non-hydrogen) atoms. The number of nitrogen functional groups attached to an aromatic ring is 1. The van der Waals surface area contributed by atoms with Crippen molar-refractivity contribution in [3.63, 3.8) is 0 Å². The van der Waals surface area contributed by atoms with Crippen molar-refractivity contribution in [3.05, 3.63) is 53.4 Å². The molecule has 2 aromatic rings. The topological polar surface area (TPSA) is 62.1 Å². The molecule has 1 heterocycles. The van der Waals surface area contributed by atoms with E-state index >= 15 is 0 Å². The molecule has 1 amide bonds. The first-order chi connectivity index (χ1) is 8.97. The summed E-state index contributed by atoms with van der Waals surface area (Å²) in [5.41, 5.74) is 6.83. The van der Waals surface area contributed by atoms with Gasteiger partial charge in [0.15, 0.2) is 11.6 Å². The van der Waals surface area contributed by atoms with Gasteiger partial charge in [-0.25, -0.2) is 8.78 Å². The zero-order valence-corrected chi connectivity index (χ0v) is 10.3. The van der Waals surface area contributed by atoms with Crippen LogP contribution in [0.1, 0.15) is 16.1 Å². The summed E-state index contributed by atoms with van der Waals surface area (Å²) >= 11 is 0. The van der Waals surface area contributed by atoms with Crippen molar-refractivity contribution >= 4 is 11.6 Å². The number of carbonyl (C=O) groups excluding carboxylic acids is 1. The maximum absolute atomic E-state index is 13.1. The summed E-state index contributed by atoms with van der Waals surface area (Å²) in [6.45, 7) is 0.176. The number of benzene rings is 1. The molecule has 0 unspecified atom stereocenters. The van der Waals surface area contributed by atoms with Crippen LogP contribution < -0.4 is 5.73 Å². The number of nitrogens with zero attached hydrogens (tertiary/aromatic N) is 1. The third-order valence-electron chi connectivity index (χ3n) is 2.69. The van der Waals surface area contributed by atoms with Crippen LogP contribution in [0.3, 0.4) is 0 Å². The molecule has 0 spiro atoms. The standard InChI is InChI=1S/C13H13F2N3O/c1-18(13(19)12-5-9(16)6-17-12)7-8-2-3-10(14)11(15)4-8/h2-6,17H,7,16H2,1H3. The summed E-state index contributed by atoms with van der Waals surface area (Å²) in [7, 11) is 1.57. The molecule has 6 heteroatoms. The Kier molecular flexibility index (Phi) is 3.50. The Labute approximate surface area is 108 Å². The summed E-state index contributed by atoms with van der Waals surface area (Å²) in [6, 6.07) is 5.06. The first kappa shape index (κ1) is 13.1. The first-order valence-electron chi connectivity index (χ1n) is 5.60. The molecular weight excluding hydrogens is 252 g/mol. The van der Waals surface area contributed by atoms with E-state index in [4.69, 9.17) is 5.73 Å². The molecule has 0 radical (unpaired) electrons. The predicted octanol–water partition coefficient (Wildman–Crippen LogP) is 2.15. The van der Waals surface area contributed by atoms with Crippen molar-refractivity contribution in [3.8, 4) is 0 Å². The lowest BCUT2D eigenvalue weighted by Crippen LogP contribution is -2.26. The van der Waals surface area contributed by atoms with Crippen molar-refractivity contribution in [2.75, 3.05) is 12.8 Å². The van der Waals surface area contributed by atoms with E-state index in [0.29, 0.717) is 16.9 Å². The van der Waals surface area contributed by atoms with Gasteiger partial charge in [0.2, 0.25) is 0 Å². The van der Waals surface area contributed by atoms with Crippen LogP contribution in [0.5, 0.6) is 0 Å². The number of anilines is 1. The molecule has 1 aromatic heterocycles. The number of nitrogens with two attached hydrogens (primary N) is 1. The van der Waals surface area contributed by atoms with Crippen LogP contribution in [-0.2, 0) is 6.54 Å². The number of hydrogen-bond acceptors (Lipinski definition) is 2. The number of rotatable bonds is 3. The van der Waals surface area contributed by atoms with E-state index in [1.165, 1.54) is 23.2 Å². The molecule has 0 aliphatic rings. The number of carbonyl (C=O) groups is 1. The normalized spacial score (nSPS) is 10.5. The molecule has 0 saturated heterocycles. The van der Waals surface area contributed by atoms with Crippen LogP contribution in [0.15, 0.2) is 30.5 Å². The van der Waals surface area contributed by atoms with E-state index in [-0.39, 0.29) is 12.5 Å². The highest BCUT2D eigenvalue weighted by atomic mass is 19.2. The minimum atomic E-state index is -0.928. The van der Waals surface area contributed by atoms with E-state index < -0.39 is 11.6 Å². The average Bonchev–Trinajstić information content (AvgIpc) is 2.79. The zero-order chi connectivity index (χ0) is 14.0. The van der Waals surface area contributed by atoms with E-state index in [2.05, 4.69) is 4.98 Å². The van der Waals surface area contributed by atoms with Gasteiger partial charge in [0.1, 0.15) is 5.69 Å². The Balaban J connectivity index is 2.10. The summed E-state index contributed by atoms with van der Waals surface area (Å²) in [4.78, 5) is 16.1. The summed E-state index contributed by atoms with van der Waals surface area (Å²) in [5, 5.41) is 0. The Morgan fingerprint density at radius 3 is 2.63 bits per heavy atom. The largest absolute Gasteiger partial charge is 0.397 e. The Morgan fingerprint density at radius 2 is 2.05 bits per heavy atom. The van der Waals surface area contributed by atoms with Gasteiger partial charge in [0.05, 0.1) is 0 Å². The fraction of sp³-hybridized carbons (Fsp3) is 0.154. The van der Waals surface area contributed by atoms with Crippen LogP contribution in [0.4, 0.5) is 14.5 Å². The van der Waals surface area contributed by atoms with Crippen molar-refractivity contribution in [1.29, 1.82) is 0 Å². The second-order valence-electron chi connectivity index (χ2n) is 4.26. The number of hydrogen-bond donors (Lipinski definition) is 2. The van der Waals surface area contributed by atoms with Crippen LogP contribution in [-0.4, -0.2) is 22.8 Å². The van der Waals surface area contributed by atoms with Gasteiger partial charge in [-0.3, -0.25) is 4.79 Å². The van der Waals surface area contributed by atoms with Gasteiger partial charge in [0, 0.05) is 25.5 Å². The zero-order valence-electron chi connectivity index (χ0n) is 10.3. The fourth-order valence-corrected chi connectivity index (χ4v) is 1.72. The van der Waals surface area contributed by atoms with Gasteiger partial charge < -0.3 is 15.6 Å². The maximum atomic E-state index is 13.1. The van der Waals surface area contributed by atoms with Gasteiger partial charge >= 0.3 is 0 Å². The van der Waals surface area contributed by atoms with Crippen molar-refractivity contribution in [2.24, 2.45) is 0 Å². The molecule has 0 aliphatic heterocycles. The van der Waals surface area contributed by atoms with Gasteiger partial charge in [0.25, 0.3) is 5.91 Å². The third kappa shape index (κ3) is 2.90. The first-order valence-corrected chi connectivity index (χ1v) is 5.60. The molecule has 3 N–H and O–H groups in total. The molecule has 0 fully saturated rings.